The quantitative estimate of drug-likeness (QED) is 0.248. The summed E-state index contributed by atoms with van der Waals surface area (Å²) in [5, 5.41) is 0. The SMILES string of the molecule is CCC/N=C(/c1nc2c(-c3ccncc3)cncc2[nH]1)c1cc(-c2cncc(CN3CCCC3)c2)ccc1C. The molecule has 0 bridgehead atoms. The van der Waals surface area contributed by atoms with Crippen LogP contribution < -0.4 is 0 Å². The lowest BCUT2D eigenvalue weighted by Gasteiger charge is -2.15. The van der Waals surface area contributed by atoms with Crippen molar-refractivity contribution < 1.29 is 0 Å². The second-order valence-corrected chi connectivity index (χ2v) is 10.2. The number of nitrogens with one attached hydrogen (secondary N) is 1. The number of aromatic nitrogens is 5. The Morgan fingerprint density at radius 1 is 0.897 bits per heavy atom. The first-order valence-corrected chi connectivity index (χ1v) is 13.8. The fourth-order valence-corrected chi connectivity index (χ4v) is 5.29. The monoisotopic (exact) mass is 515 g/mol. The highest BCUT2D eigenvalue weighted by Gasteiger charge is 2.18. The van der Waals surface area contributed by atoms with Crippen LogP contribution in [0.3, 0.4) is 0 Å². The third-order valence-electron chi connectivity index (χ3n) is 7.33. The largest absolute Gasteiger partial charge is 0.335 e. The van der Waals surface area contributed by atoms with Gasteiger partial charge in [0.05, 0.1) is 17.2 Å². The molecule has 0 aliphatic carbocycles. The minimum Gasteiger partial charge on any atom is -0.335 e. The highest BCUT2D eigenvalue weighted by Crippen LogP contribution is 2.29. The number of aryl methyl sites for hydroxylation is 1. The average Bonchev–Trinajstić information content (AvgIpc) is 3.65. The fraction of sp³-hybridized carbons (Fsp3) is 0.281. The van der Waals surface area contributed by atoms with Gasteiger partial charge in [0, 0.05) is 60.8 Å². The number of benzene rings is 1. The number of aliphatic imine (C=N–C) groups is 1. The van der Waals surface area contributed by atoms with Crippen molar-refractivity contribution in [3.8, 4) is 22.3 Å². The molecule has 7 nitrogen and oxygen atoms in total. The van der Waals surface area contributed by atoms with E-state index in [4.69, 9.17) is 9.98 Å². The minimum absolute atomic E-state index is 0.721. The van der Waals surface area contributed by atoms with Crippen LogP contribution in [0.4, 0.5) is 0 Å². The van der Waals surface area contributed by atoms with Gasteiger partial charge in [-0.2, -0.15) is 0 Å². The number of fused-ring (bicyclic) bond motifs is 1. The first-order valence-electron chi connectivity index (χ1n) is 13.8. The number of hydrogen-bond acceptors (Lipinski definition) is 6. The van der Waals surface area contributed by atoms with Gasteiger partial charge in [-0.3, -0.25) is 24.8 Å². The van der Waals surface area contributed by atoms with E-state index >= 15 is 0 Å². The summed E-state index contributed by atoms with van der Waals surface area (Å²) >= 11 is 0. The lowest BCUT2D eigenvalue weighted by molar-refractivity contribution is 0.331. The minimum atomic E-state index is 0.721. The van der Waals surface area contributed by atoms with Crippen LogP contribution in [0.25, 0.3) is 33.3 Å². The average molecular weight is 516 g/mol. The maximum absolute atomic E-state index is 5.07. The van der Waals surface area contributed by atoms with Gasteiger partial charge in [-0.15, -0.1) is 0 Å². The number of aromatic amines is 1. The molecule has 5 heterocycles. The molecule has 0 atom stereocenters. The molecule has 0 amide bonds. The van der Waals surface area contributed by atoms with Crippen molar-refractivity contribution >= 4 is 16.7 Å². The normalized spacial score (nSPS) is 14.4. The van der Waals surface area contributed by atoms with Crippen molar-refractivity contribution in [3.05, 3.63) is 96.1 Å². The summed E-state index contributed by atoms with van der Waals surface area (Å²) in [6.07, 6.45) is 14.8. The molecular formula is C32H33N7. The van der Waals surface area contributed by atoms with Crippen LogP contribution in [0.15, 0.2) is 78.6 Å². The predicted molar refractivity (Wildman–Crippen MR) is 157 cm³/mol. The molecule has 4 aromatic heterocycles. The lowest BCUT2D eigenvalue weighted by atomic mass is 9.96. The van der Waals surface area contributed by atoms with Gasteiger partial charge in [0.1, 0.15) is 5.71 Å². The number of nitrogens with zero attached hydrogens (tertiary/aromatic N) is 6. The van der Waals surface area contributed by atoms with E-state index in [1.54, 1.807) is 12.4 Å². The van der Waals surface area contributed by atoms with Crippen LogP contribution >= 0.6 is 0 Å². The molecule has 1 fully saturated rings. The summed E-state index contributed by atoms with van der Waals surface area (Å²) in [5.41, 5.74) is 10.4. The number of H-pyrrole nitrogens is 1. The van der Waals surface area contributed by atoms with Crippen molar-refractivity contribution in [2.75, 3.05) is 19.6 Å². The zero-order valence-electron chi connectivity index (χ0n) is 22.6. The molecule has 39 heavy (non-hydrogen) atoms. The molecule has 1 saturated heterocycles. The molecule has 0 unspecified atom stereocenters. The molecule has 1 aromatic carbocycles. The maximum atomic E-state index is 5.07. The second-order valence-electron chi connectivity index (χ2n) is 10.2. The molecule has 0 radical (unpaired) electrons. The van der Waals surface area contributed by atoms with Crippen molar-refractivity contribution in [1.29, 1.82) is 0 Å². The third-order valence-corrected chi connectivity index (χ3v) is 7.33. The summed E-state index contributed by atoms with van der Waals surface area (Å²) in [6.45, 7) is 8.30. The Balaban J connectivity index is 1.40. The van der Waals surface area contributed by atoms with E-state index in [0.29, 0.717) is 0 Å². The first kappa shape index (κ1) is 25.1. The van der Waals surface area contributed by atoms with Gasteiger partial charge in [-0.05, 0) is 85.8 Å². The molecule has 5 aromatic rings. The molecule has 1 N–H and O–H groups in total. The zero-order valence-corrected chi connectivity index (χ0v) is 22.6. The number of hydrogen-bond donors (Lipinski definition) is 1. The van der Waals surface area contributed by atoms with Gasteiger partial charge >= 0.3 is 0 Å². The van der Waals surface area contributed by atoms with Crippen molar-refractivity contribution in [2.45, 2.75) is 39.7 Å². The Morgan fingerprint density at radius 2 is 1.72 bits per heavy atom. The van der Waals surface area contributed by atoms with E-state index in [2.05, 4.69) is 62.9 Å². The molecule has 7 heteroatoms. The van der Waals surface area contributed by atoms with Crippen LogP contribution in [0.5, 0.6) is 0 Å². The van der Waals surface area contributed by atoms with Crippen LogP contribution in [0.2, 0.25) is 0 Å². The van der Waals surface area contributed by atoms with Gasteiger partial charge < -0.3 is 4.98 Å². The number of rotatable bonds is 8. The van der Waals surface area contributed by atoms with Gasteiger partial charge in [0.15, 0.2) is 5.82 Å². The summed E-state index contributed by atoms with van der Waals surface area (Å²) in [7, 11) is 0. The maximum Gasteiger partial charge on any atom is 0.157 e. The third kappa shape index (κ3) is 5.36. The molecule has 0 spiro atoms. The summed E-state index contributed by atoms with van der Waals surface area (Å²) in [6, 6.07) is 12.8. The van der Waals surface area contributed by atoms with Gasteiger partial charge in [-0.1, -0.05) is 19.1 Å². The van der Waals surface area contributed by atoms with Crippen LogP contribution in [0, 0.1) is 6.92 Å². The predicted octanol–water partition coefficient (Wildman–Crippen LogP) is 6.23. The van der Waals surface area contributed by atoms with E-state index in [0.717, 1.165) is 75.5 Å². The molecule has 0 saturated carbocycles. The van der Waals surface area contributed by atoms with Crippen molar-refractivity contribution in [2.24, 2.45) is 4.99 Å². The van der Waals surface area contributed by atoms with E-state index < -0.39 is 0 Å². The van der Waals surface area contributed by atoms with E-state index in [-0.39, 0.29) is 0 Å². The lowest BCUT2D eigenvalue weighted by Crippen LogP contribution is -2.18. The summed E-state index contributed by atoms with van der Waals surface area (Å²) in [5.74, 6) is 0.753. The molecule has 196 valence electrons. The Hall–Kier alpha value is -4.23. The standard InChI is InChI=1S/C32H33N7/c1-3-10-36-31(32-37-29-20-35-19-28(30(29)38-32)24-8-11-33-12-9-24)27-16-25(7-6-22(27)2)26-15-23(17-34-18-26)21-39-13-4-5-14-39/h6-9,11-12,15-20H,3-5,10,13-14,21H2,1-2H3,(H,37,38)/b36-31+. The smallest absolute Gasteiger partial charge is 0.157 e. The van der Waals surface area contributed by atoms with Crippen LogP contribution in [-0.4, -0.2) is 55.2 Å². The molecule has 1 aliphatic heterocycles. The van der Waals surface area contributed by atoms with E-state index in [9.17, 15) is 0 Å². The molecular weight excluding hydrogens is 482 g/mol. The number of imidazole rings is 1. The molecule has 6 rings (SSSR count). The number of likely N-dealkylation sites (tertiary alicyclic amines) is 1. The Labute approximate surface area is 229 Å². The van der Waals surface area contributed by atoms with Crippen molar-refractivity contribution in [1.82, 2.24) is 29.8 Å². The highest BCUT2D eigenvalue weighted by atomic mass is 15.1. The zero-order chi connectivity index (χ0) is 26.6. The Morgan fingerprint density at radius 3 is 2.54 bits per heavy atom. The van der Waals surface area contributed by atoms with E-state index in [1.165, 1.54) is 31.5 Å². The second kappa shape index (κ2) is 11.3. The van der Waals surface area contributed by atoms with Crippen LogP contribution in [0.1, 0.15) is 48.7 Å². The molecule has 1 aliphatic rings. The Bertz CT molecular complexity index is 1610. The van der Waals surface area contributed by atoms with Gasteiger partial charge in [-0.25, -0.2) is 4.98 Å². The summed E-state index contributed by atoms with van der Waals surface area (Å²) < 4.78 is 0. The van der Waals surface area contributed by atoms with Crippen molar-refractivity contribution in [3.63, 3.8) is 0 Å². The first-order chi connectivity index (χ1) is 19.2. The number of pyridine rings is 3. The van der Waals surface area contributed by atoms with Crippen LogP contribution in [-0.2, 0) is 6.54 Å². The topological polar surface area (TPSA) is 82.9 Å². The van der Waals surface area contributed by atoms with E-state index in [1.807, 2.05) is 36.9 Å². The van der Waals surface area contributed by atoms with Gasteiger partial charge in [0.2, 0.25) is 0 Å². The van der Waals surface area contributed by atoms with Gasteiger partial charge in [0.25, 0.3) is 0 Å². The Kier molecular flexibility index (Phi) is 7.23. The highest BCUT2D eigenvalue weighted by molar-refractivity contribution is 6.13. The summed E-state index contributed by atoms with van der Waals surface area (Å²) in [4.78, 5) is 29.3. The fourth-order valence-electron chi connectivity index (χ4n) is 5.29.